The minimum atomic E-state index is -0.926. The van der Waals surface area contributed by atoms with E-state index in [1.165, 1.54) is 11.3 Å². The number of halogens is 2. The van der Waals surface area contributed by atoms with Crippen molar-refractivity contribution in [3.8, 4) is 0 Å². The smallest absolute Gasteiger partial charge is 0.346 e. The van der Waals surface area contributed by atoms with Gasteiger partial charge >= 0.3 is 5.97 Å². The second kappa shape index (κ2) is 4.24. The van der Waals surface area contributed by atoms with Crippen LogP contribution < -0.4 is 0 Å². The van der Waals surface area contributed by atoms with E-state index in [4.69, 9.17) is 28.3 Å². The molecule has 0 bridgehead atoms. The van der Waals surface area contributed by atoms with Crippen LogP contribution in [0.15, 0.2) is 12.1 Å². The molecule has 16 heavy (non-hydrogen) atoms. The van der Waals surface area contributed by atoms with E-state index in [1.807, 2.05) is 6.92 Å². The molecule has 0 radical (unpaired) electrons. The molecular formula is C11H8Cl2O2S. The standard InChI is InChI=1S/C11H8Cl2O2S/c1-2-5-8-6(12)3-4-7(13)10(8)16-9(5)11(14)15/h3-4H,2H2,1H3,(H,14,15). The molecule has 0 amide bonds. The number of carboxylic acid groups (broad SMARTS) is 1. The van der Waals surface area contributed by atoms with E-state index in [0.717, 1.165) is 15.6 Å². The van der Waals surface area contributed by atoms with Crippen LogP contribution >= 0.6 is 34.5 Å². The first kappa shape index (κ1) is 11.7. The molecule has 0 saturated heterocycles. The Labute approximate surface area is 106 Å². The maximum Gasteiger partial charge on any atom is 0.346 e. The molecule has 2 nitrogen and oxygen atoms in total. The first-order valence-electron chi connectivity index (χ1n) is 4.69. The molecule has 0 atom stereocenters. The Bertz CT molecular complexity index is 575. The minimum absolute atomic E-state index is 0.326. The predicted octanol–water partition coefficient (Wildman–Crippen LogP) is 4.47. The van der Waals surface area contributed by atoms with Crippen LogP contribution in [0.25, 0.3) is 10.1 Å². The van der Waals surface area contributed by atoms with Gasteiger partial charge in [-0.3, -0.25) is 0 Å². The number of aromatic carboxylic acids is 1. The van der Waals surface area contributed by atoms with Crippen LogP contribution in [0.3, 0.4) is 0 Å². The number of aryl methyl sites for hydroxylation is 1. The first-order chi connectivity index (χ1) is 7.56. The Morgan fingerprint density at radius 3 is 2.56 bits per heavy atom. The van der Waals surface area contributed by atoms with E-state index in [-0.39, 0.29) is 0 Å². The zero-order chi connectivity index (χ0) is 11.9. The fraction of sp³-hybridized carbons (Fsp3) is 0.182. The average molecular weight is 275 g/mol. The molecule has 1 aromatic heterocycles. The largest absolute Gasteiger partial charge is 0.477 e. The van der Waals surface area contributed by atoms with Gasteiger partial charge in [0.1, 0.15) is 4.88 Å². The van der Waals surface area contributed by atoms with Crippen LogP contribution in [0.2, 0.25) is 10.0 Å². The minimum Gasteiger partial charge on any atom is -0.477 e. The number of carboxylic acids is 1. The molecule has 1 heterocycles. The Kier molecular flexibility index (Phi) is 3.10. The first-order valence-corrected chi connectivity index (χ1v) is 6.26. The van der Waals surface area contributed by atoms with Gasteiger partial charge in [-0.05, 0) is 24.1 Å². The molecule has 5 heteroatoms. The monoisotopic (exact) mass is 274 g/mol. The van der Waals surface area contributed by atoms with Crippen molar-refractivity contribution in [3.05, 3.63) is 32.6 Å². The average Bonchev–Trinajstić information content (AvgIpc) is 2.64. The Balaban J connectivity index is 2.92. The van der Waals surface area contributed by atoms with Crippen LogP contribution in [0.5, 0.6) is 0 Å². The van der Waals surface area contributed by atoms with Crippen molar-refractivity contribution >= 4 is 50.6 Å². The lowest BCUT2D eigenvalue weighted by Crippen LogP contribution is -1.96. The van der Waals surface area contributed by atoms with Gasteiger partial charge in [0, 0.05) is 10.4 Å². The highest BCUT2D eigenvalue weighted by atomic mass is 35.5. The number of fused-ring (bicyclic) bond motifs is 1. The Hall–Kier alpha value is -0.770. The second-order valence-electron chi connectivity index (χ2n) is 3.30. The number of hydrogen-bond donors (Lipinski definition) is 1. The topological polar surface area (TPSA) is 37.3 Å². The summed E-state index contributed by atoms with van der Waals surface area (Å²) < 4.78 is 0.753. The number of hydrogen-bond acceptors (Lipinski definition) is 2. The molecule has 1 aromatic carbocycles. The molecule has 0 fully saturated rings. The summed E-state index contributed by atoms with van der Waals surface area (Å²) in [6.45, 7) is 1.91. The molecule has 0 saturated carbocycles. The quantitative estimate of drug-likeness (QED) is 0.878. The molecule has 0 spiro atoms. The van der Waals surface area contributed by atoms with Crippen molar-refractivity contribution in [1.29, 1.82) is 0 Å². The fourth-order valence-corrected chi connectivity index (χ4v) is 3.46. The predicted molar refractivity (Wildman–Crippen MR) is 68.2 cm³/mol. The van der Waals surface area contributed by atoms with Crippen molar-refractivity contribution in [2.45, 2.75) is 13.3 Å². The summed E-state index contributed by atoms with van der Waals surface area (Å²) in [5.41, 5.74) is 0.764. The van der Waals surface area contributed by atoms with E-state index in [9.17, 15) is 4.79 Å². The van der Waals surface area contributed by atoms with E-state index >= 15 is 0 Å². The Morgan fingerprint density at radius 1 is 1.38 bits per heavy atom. The highest BCUT2D eigenvalue weighted by Crippen LogP contribution is 2.40. The summed E-state index contributed by atoms with van der Waals surface area (Å²) in [6, 6.07) is 3.39. The lowest BCUT2D eigenvalue weighted by atomic mass is 10.1. The van der Waals surface area contributed by atoms with Crippen molar-refractivity contribution in [1.82, 2.24) is 0 Å². The molecule has 2 aromatic rings. The fourth-order valence-electron chi connectivity index (χ4n) is 1.70. The van der Waals surface area contributed by atoms with Crippen LogP contribution in [0.1, 0.15) is 22.2 Å². The lowest BCUT2D eigenvalue weighted by Gasteiger charge is -1.99. The molecule has 0 aliphatic rings. The second-order valence-corrected chi connectivity index (χ2v) is 5.14. The zero-order valence-corrected chi connectivity index (χ0v) is 10.7. The number of carbonyl (C=O) groups is 1. The summed E-state index contributed by atoms with van der Waals surface area (Å²) in [6.07, 6.45) is 0.627. The number of rotatable bonds is 2. The van der Waals surface area contributed by atoms with Crippen LogP contribution in [-0.4, -0.2) is 11.1 Å². The number of thiophene rings is 1. The van der Waals surface area contributed by atoms with Crippen molar-refractivity contribution in [2.75, 3.05) is 0 Å². The highest BCUT2D eigenvalue weighted by molar-refractivity contribution is 7.21. The summed E-state index contributed by atoms with van der Waals surface area (Å²) in [5, 5.41) is 11.0. The van der Waals surface area contributed by atoms with Gasteiger partial charge < -0.3 is 5.11 Å². The summed E-state index contributed by atoms with van der Waals surface area (Å²) >= 11 is 13.3. The van der Waals surface area contributed by atoms with Crippen LogP contribution in [-0.2, 0) is 6.42 Å². The van der Waals surface area contributed by atoms with Gasteiger partial charge in [0.15, 0.2) is 0 Å². The van der Waals surface area contributed by atoms with Gasteiger partial charge in [-0.15, -0.1) is 11.3 Å². The van der Waals surface area contributed by atoms with Gasteiger partial charge in [-0.1, -0.05) is 30.1 Å². The summed E-state index contributed by atoms with van der Waals surface area (Å²) in [4.78, 5) is 11.4. The van der Waals surface area contributed by atoms with E-state index in [2.05, 4.69) is 0 Å². The maximum atomic E-state index is 11.1. The van der Waals surface area contributed by atoms with Gasteiger partial charge in [0.2, 0.25) is 0 Å². The van der Waals surface area contributed by atoms with Crippen molar-refractivity contribution in [3.63, 3.8) is 0 Å². The molecule has 1 N–H and O–H groups in total. The van der Waals surface area contributed by atoms with Crippen LogP contribution in [0, 0.1) is 0 Å². The van der Waals surface area contributed by atoms with E-state index < -0.39 is 5.97 Å². The summed E-state index contributed by atoms with van der Waals surface area (Å²) in [5.74, 6) is -0.926. The number of benzene rings is 1. The molecule has 0 aliphatic heterocycles. The normalized spacial score (nSPS) is 10.9. The van der Waals surface area contributed by atoms with Gasteiger partial charge in [0.25, 0.3) is 0 Å². The molecule has 2 rings (SSSR count). The van der Waals surface area contributed by atoms with Gasteiger partial charge in [-0.25, -0.2) is 4.79 Å². The molecule has 0 aliphatic carbocycles. The third-order valence-corrected chi connectivity index (χ3v) is 4.38. The maximum absolute atomic E-state index is 11.1. The van der Waals surface area contributed by atoms with E-state index in [0.29, 0.717) is 21.3 Å². The SMILES string of the molecule is CCc1c(C(=O)O)sc2c(Cl)ccc(Cl)c12. The lowest BCUT2D eigenvalue weighted by molar-refractivity contribution is 0.0701. The Morgan fingerprint density at radius 2 is 2.00 bits per heavy atom. The van der Waals surface area contributed by atoms with Crippen molar-refractivity contribution in [2.24, 2.45) is 0 Å². The summed E-state index contributed by atoms with van der Waals surface area (Å²) in [7, 11) is 0. The molecular weight excluding hydrogens is 267 g/mol. The van der Waals surface area contributed by atoms with Crippen molar-refractivity contribution < 1.29 is 9.90 Å². The third-order valence-electron chi connectivity index (χ3n) is 2.39. The zero-order valence-electron chi connectivity index (χ0n) is 8.38. The van der Waals surface area contributed by atoms with Crippen LogP contribution in [0.4, 0.5) is 0 Å². The van der Waals surface area contributed by atoms with Gasteiger partial charge in [0.05, 0.1) is 9.72 Å². The highest BCUT2D eigenvalue weighted by Gasteiger charge is 2.19. The molecule has 0 unspecified atom stereocenters. The van der Waals surface area contributed by atoms with E-state index in [1.54, 1.807) is 12.1 Å². The van der Waals surface area contributed by atoms with Gasteiger partial charge in [-0.2, -0.15) is 0 Å². The third kappa shape index (κ3) is 1.69. The molecule has 84 valence electrons.